The van der Waals surface area contributed by atoms with Crippen molar-refractivity contribution in [2.75, 3.05) is 13.4 Å². The second-order valence-corrected chi connectivity index (χ2v) is 9.08. The standard InChI is InChI=1S/C10H15I3O2/c11-9(10(12)13)6-14-7-15-8-4-2-1-3-5-8/h8H,1-7H2. The topological polar surface area (TPSA) is 18.5 Å². The molecule has 0 unspecified atom stereocenters. The zero-order valence-corrected chi connectivity index (χ0v) is 14.9. The van der Waals surface area contributed by atoms with Gasteiger partial charge in [0, 0.05) is 3.58 Å². The van der Waals surface area contributed by atoms with Crippen LogP contribution in [-0.4, -0.2) is 19.5 Å². The first-order valence-electron chi connectivity index (χ1n) is 5.09. The molecule has 1 rings (SSSR count). The largest absolute Gasteiger partial charge is 0.352 e. The minimum Gasteiger partial charge on any atom is -0.352 e. The number of hydrogen-bond acceptors (Lipinski definition) is 2. The molecule has 1 aliphatic carbocycles. The monoisotopic (exact) mass is 548 g/mol. The van der Waals surface area contributed by atoms with Gasteiger partial charge in [-0.3, -0.25) is 0 Å². The van der Waals surface area contributed by atoms with Crippen LogP contribution in [0, 0.1) is 0 Å². The van der Waals surface area contributed by atoms with E-state index >= 15 is 0 Å². The van der Waals surface area contributed by atoms with Gasteiger partial charge >= 0.3 is 0 Å². The number of hydrogen-bond donors (Lipinski definition) is 0. The van der Waals surface area contributed by atoms with Crippen LogP contribution in [0.3, 0.4) is 0 Å². The highest BCUT2D eigenvalue weighted by molar-refractivity contribution is 14.2. The fourth-order valence-electron chi connectivity index (χ4n) is 1.56. The van der Waals surface area contributed by atoms with Crippen LogP contribution >= 0.6 is 67.8 Å². The lowest BCUT2D eigenvalue weighted by Gasteiger charge is -2.21. The van der Waals surface area contributed by atoms with E-state index in [1.807, 2.05) is 0 Å². The van der Waals surface area contributed by atoms with E-state index in [0.29, 0.717) is 19.5 Å². The molecule has 1 aliphatic rings. The second kappa shape index (κ2) is 8.87. The molecule has 0 spiro atoms. The Morgan fingerprint density at radius 3 is 2.33 bits per heavy atom. The minimum absolute atomic E-state index is 0.442. The molecule has 0 atom stereocenters. The molecule has 0 heterocycles. The smallest absolute Gasteiger partial charge is 0.147 e. The van der Waals surface area contributed by atoms with Crippen LogP contribution in [0.4, 0.5) is 0 Å². The van der Waals surface area contributed by atoms with Crippen molar-refractivity contribution >= 4 is 67.8 Å². The van der Waals surface area contributed by atoms with Gasteiger partial charge < -0.3 is 9.47 Å². The molecule has 1 fully saturated rings. The van der Waals surface area contributed by atoms with Crippen LogP contribution in [-0.2, 0) is 9.47 Å². The highest BCUT2D eigenvalue weighted by Crippen LogP contribution is 2.25. The molecule has 0 radical (unpaired) electrons. The van der Waals surface area contributed by atoms with Crippen LogP contribution in [0.25, 0.3) is 0 Å². The Labute approximate surface area is 132 Å². The van der Waals surface area contributed by atoms with E-state index in [2.05, 4.69) is 67.8 Å². The molecule has 0 amide bonds. The normalized spacial score (nSPS) is 17.8. The van der Waals surface area contributed by atoms with Crippen molar-refractivity contribution in [1.29, 1.82) is 0 Å². The van der Waals surface area contributed by atoms with Crippen molar-refractivity contribution < 1.29 is 9.47 Å². The Kier molecular flexibility index (Phi) is 8.82. The van der Waals surface area contributed by atoms with Gasteiger partial charge in [0.25, 0.3) is 0 Å². The SMILES string of the molecule is IC(I)=C(I)COCOC1CCCCC1. The zero-order chi connectivity index (χ0) is 11.1. The number of ether oxygens (including phenoxy) is 2. The quantitative estimate of drug-likeness (QED) is 0.280. The van der Waals surface area contributed by atoms with Gasteiger partial charge in [-0.2, -0.15) is 0 Å². The van der Waals surface area contributed by atoms with Crippen molar-refractivity contribution in [2.45, 2.75) is 38.2 Å². The Hall–Kier alpha value is 1.85. The van der Waals surface area contributed by atoms with Gasteiger partial charge in [-0.05, 0) is 80.6 Å². The Bertz CT molecular complexity index is 209. The summed E-state index contributed by atoms with van der Waals surface area (Å²) < 4.78 is 13.6. The summed E-state index contributed by atoms with van der Waals surface area (Å²) in [5.74, 6) is 0. The van der Waals surface area contributed by atoms with Gasteiger partial charge in [0.2, 0.25) is 0 Å². The lowest BCUT2D eigenvalue weighted by Crippen LogP contribution is -2.18. The van der Waals surface area contributed by atoms with E-state index in [1.54, 1.807) is 0 Å². The van der Waals surface area contributed by atoms with E-state index < -0.39 is 0 Å². The first-order chi connectivity index (χ1) is 7.20. The molecule has 0 aromatic carbocycles. The van der Waals surface area contributed by atoms with Crippen LogP contribution < -0.4 is 0 Å². The van der Waals surface area contributed by atoms with Crippen LogP contribution in [0.5, 0.6) is 0 Å². The fourth-order valence-corrected chi connectivity index (χ4v) is 2.09. The molecular formula is C10H15I3O2. The summed E-state index contributed by atoms with van der Waals surface area (Å²) in [4.78, 5) is 0. The Morgan fingerprint density at radius 2 is 1.73 bits per heavy atom. The van der Waals surface area contributed by atoms with Gasteiger partial charge in [-0.15, -0.1) is 0 Å². The molecule has 15 heavy (non-hydrogen) atoms. The highest BCUT2D eigenvalue weighted by Gasteiger charge is 2.13. The zero-order valence-electron chi connectivity index (χ0n) is 8.48. The maximum absolute atomic E-state index is 5.66. The van der Waals surface area contributed by atoms with Crippen LogP contribution in [0.2, 0.25) is 0 Å². The molecule has 0 aromatic rings. The number of halogens is 3. The summed E-state index contributed by atoms with van der Waals surface area (Å²) in [6.07, 6.45) is 6.86. The highest BCUT2D eigenvalue weighted by atomic mass is 127. The predicted molar refractivity (Wildman–Crippen MR) is 87.9 cm³/mol. The van der Waals surface area contributed by atoms with Crippen LogP contribution in [0.15, 0.2) is 5.17 Å². The summed E-state index contributed by atoms with van der Waals surface area (Å²) >= 11 is 6.91. The van der Waals surface area contributed by atoms with E-state index in [9.17, 15) is 0 Å². The van der Waals surface area contributed by atoms with Crippen molar-refractivity contribution in [3.63, 3.8) is 0 Å². The summed E-state index contributed by atoms with van der Waals surface area (Å²) in [6.45, 7) is 1.12. The van der Waals surface area contributed by atoms with Crippen molar-refractivity contribution in [2.24, 2.45) is 0 Å². The second-order valence-electron chi connectivity index (χ2n) is 3.56. The molecule has 2 nitrogen and oxygen atoms in total. The number of rotatable bonds is 5. The van der Waals surface area contributed by atoms with E-state index in [0.717, 1.165) is 0 Å². The van der Waals surface area contributed by atoms with Gasteiger partial charge in [0.1, 0.15) is 6.79 Å². The minimum atomic E-state index is 0.442. The Morgan fingerprint density at radius 1 is 1.07 bits per heavy atom. The van der Waals surface area contributed by atoms with E-state index in [4.69, 9.17) is 9.47 Å². The lowest BCUT2D eigenvalue weighted by atomic mass is 9.98. The molecule has 5 heteroatoms. The average Bonchev–Trinajstić information content (AvgIpc) is 2.25. The van der Waals surface area contributed by atoms with Gasteiger partial charge in [-0.1, -0.05) is 19.3 Å². The molecule has 0 bridgehead atoms. The maximum Gasteiger partial charge on any atom is 0.147 e. The molecular weight excluding hydrogens is 533 g/mol. The van der Waals surface area contributed by atoms with Gasteiger partial charge in [0.15, 0.2) is 0 Å². The summed E-state index contributed by atoms with van der Waals surface area (Å²) in [5.41, 5.74) is 0. The third-order valence-electron chi connectivity index (χ3n) is 2.37. The van der Waals surface area contributed by atoms with Crippen LogP contribution in [0.1, 0.15) is 32.1 Å². The molecule has 0 saturated heterocycles. The average molecular weight is 548 g/mol. The molecule has 0 aromatic heterocycles. The summed E-state index contributed by atoms with van der Waals surface area (Å²) in [6, 6.07) is 0. The molecule has 0 N–H and O–H groups in total. The first-order valence-corrected chi connectivity index (χ1v) is 8.32. The Balaban J connectivity index is 2.03. The maximum atomic E-state index is 5.66. The molecule has 88 valence electrons. The first kappa shape index (κ1) is 14.9. The van der Waals surface area contributed by atoms with Gasteiger partial charge in [0.05, 0.1) is 14.3 Å². The lowest BCUT2D eigenvalue weighted by molar-refractivity contribution is -0.0915. The van der Waals surface area contributed by atoms with Crippen molar-refractivity contribution in [3.05, 3.63) is 5.17 Å². The van der Waals surface area contributed by atoms with Gasteiger partial charge in [-0.25, -0.2) is 0 Å². The van der Waals surface area contributed by atoms with Crippen molar-refractivity contribution in [1.82, 2.24) is 0 Å². The third kappa shape index (κ3) is 6.99. The fraction of sp³-hybridized carbons (Fsp3) is 0.800. The predicted octanol–water partition coefficient (Wildman–Crippen LogP) is 4.78. The summed E-state index contributed by atoms with van der Waals surface area (Å²) in [5, 5.41) is 0. The third-order valence-corrected chi connectivity index (χ3v) is 6.59. The molecule has 1 saturated carbocycles. The van der Waals surface area contributed by atoms with E-state index in [1.165, 1.54) is 37.3 Å². The van der Waals surface area contributed by atoms with Crippen molar-refractivity contribution in [3.8, 4) is 0 Å². The molecule has 0 aliphatic heterocycles. The van der Waals surface area contributed by atoms with E-state index in [-0.39, 0.29) is 0 Å². The summed E-state index contributed by atoms with van der Waals surface area (Å²) in [7, 11) is 0.